The lowest BCUT2D eigenvalue weighted by Gasteiger charge is -2.29. The summed E-state index contributed by atoms with van der Waals surface area (Å²) in [6.07, 6.45) is 2.72. The van der Waals surface area contributed by atoms with Crippen LogP contribution in [0.5, 0.6) is 11.5 Å². The zero-order valence-corrected chi connectivity index (χ0v) is 12.9. The van der Waals surface area contributed by atoms with Gasteiger partial charge in [0.1, 0.15) is 12.7 Å². The van der Waals surface area contributed by atoms with E-state index < -0.39 is 17.8 Å². The van der Waals surface area contributed by atoms with Crippen molar-refractivity contribution in [3.8, 4) is 11.5 Å². The van der Waals surface area contributed by atoms with Crippen molar-refractivity contribution in [3.05, 3.63) is 24.3 Å². The number of rotatable bonds is 4. The van der Waals surface area contributed by atoms with E-state index in [0.717, 1.165) is 12.8 Å². The van der Waals surface area contributed by atoms with Crippen LogP contribution in [0.25, 0.3) is 0 Å². The van der Waals surface area contributed by atoms with Crippen molar-refractivity contribution in [2.45, 2.75) is 31.8 Å². The third-order valence-electron chi connectivity index (χ3n) is 4.49. The monoisotopic (exact) mass is 319 g/mol. The summed E-state index contributed by atoms with van der Waals surface area (Å²) in [4.78, 5) is 23.6. The summed E-state index contributed by atoms with van der Waals surface area (Å²) < 4.78 is 11.4. The number of amides is 1. The Morgan fingerprint density at radius 1 is 1.13 bits per heavy atom. The van der Waals surface area contributed by atoms with Crippen molar-refractivity contribution in [3.63, 3.8) is 0 Å². The van der Waals surface area contributed by atoms with Gasteiger partial charge in [-0.2, -0.15) is 0 Å². The quantitative estimate of drug-likeness (QED) is 0.884. The minimum atomic E-state index is -0.879. The molecule has 6 heteroatoms. The molecule has 1 aliphatic carbocycles. The van der Waals surface area contributed by atoms with Crippen molar-refractivity contribution < 1.29 is 24.2 Å². The highest BCUT2D eigenvalue weighted by atomic mass is 16.6. The van der Waals surface area contributed by atoms with Gasteiger partial charge in [-0.3, -0.25) is 9.59 Å². The van der Waals surface area contributed by atoms with E-state index in [-0.39, 0.29) is 12.0 Å². The van der Waals surface area contributed by atoms with Crippen molar-refractivity contribution >= 4 is 11.9 Å². The standard InChI is InChI=1S/C17H21NO5/c19-16(12-5-1-2-6-13(12)17(20)21)18-9-11-10-22-14-7-3-4-8-15(14)23-11/h3-4,7-8,11-13H,1-2,5-6,9-10H2,(H,18,19)(H,20,21)/t11-,12+,13+/m0/s1. The largest absolute Gasteiger partial charge is 0.486 e. The molecule has 1 amide bonds. The van der Waals surface area contributed by atoms with Crippen LogP contribution in [0.2, 0.25) is 0 Å². The topological polar surface area (TPSA) is 84.9 Å². The molecule has 2 aliphatic rings. The average Bonchev–Trinajstić information content (AvgIpc) is 2.59. The van der Waals surface area contributed by atoms with E-state index in [2.05, 4.69) is 5.32 Å². The van der Waals surface area contributed by atoms with Crippen LogP contribution in [0.4, 0.5) is 0 Å². The first-order chi connectivity index (χ1) is 11.1. The minimum Gasteiger partial charge on any atom is -0.486 e. The number of carboxylic acids is 1. The Kier molecular flexibility index (Phi) is 4.69. The molecule has 6 nitrogen and oxygen atoms in total. The molecule has 0 radical (unpaired) electrons. The molecule has 0 aromatic heterocycles. The number of nitrogens with one attached hydrogen (secondary N) is 1. The fraction of sp³-hybridized carbons (Fsp3) is 0.529. The van der Waals surface area contributed by atoms with Crippen LogP contribution < -0.4 is 14.8 Å². The van der Waals surface area contributed by atoms with Crippen LogP contribution in [-0.4, -0.2) is 36.2 Å². The van der Waals surface area contributed by atoms with Gasteiger partial charge in [0, 0.05) is 0 Å². The normalized spacial score (nSPS) is 26.3. The number of hydrogen-bond acceptors (Lipinski definition) is 4. The van der Waals surface area contributed by atoms with Crippen molar-refractivity contribution in [2.24, 2.45) is 11.8 Å². The van der Waals surface area contributed by atoms with E-state index in [0.29, 0.717) is 37.5 Å². The number of carbonyl (C=O) groups is 2. The zero-order chi connectivity index (χ0) is 16.2. The summed E-state index contributed by atoms with van der Waals surface area (Å²) in [5.41, 5.74) is 0. The predicted octanol–water partition coefficient (Wildman–Crippen LogP) is 1.83. The van der Waals surface area contributed by atoms with Crippen molar-refractivity contribution in [1.82, 2.24) is 5.32 Å². The molecule has 1 aromatic carbocycles. The van der Waals surface area contributed by atoms with Crippen LogP contribution in [0.3, 0.4) is 0 Å². The molecule has 1 fully saturated rings. The van der Waals surface area contributed by atoms with Gasteiger partial charge in [-0.15, -0.1) is 0 Å². The Bertz CT molecular complexity index is 588. The van der Waals surface area contributed by atoms with E-state index in [9.17, 15) is 14.7 Å². The maximum absolute atomic E-state index is 12.3. The van der Waals surface area contributed by atoms with Crippen LogP contribution in [0.15, 0.2) is 24.3 Å². The average molecular weight is 319 g/mol. The summed E-state index contributed by atoms with van der Waals surface area (Å²) in [5.74, 6) is -0.728. The van der Waals surface area contributed by atoms with Gasteiger partial charge in [0.05, 0.1) is 18.4 Å². The van der Waals surface area contributed by atoms with Gasteiger partial charge in [-0.25, -0.2) is 0 Å². The second-order valence-corrected chi connectivity index (χ2v) is 6.08. The minimum absolute atomic E-state index is 0.195. The third-order valence-corrected chi connectivity index (χ3v) is 4.49. The number of hydrogen-bond donors (Lipinski definition) is 2. The van der Waals surface area contributed by atoms with Crippen LogP contribution in [0.1, 0.15) is 25.7 Å². The van der Waals surface area contributed by atoms with Gasteiger partial charge < -0.3 is 19.9 Å². The summed E-state index contributed by atoms with van der Waals surface area (Å²) in [5, 5.41) is 12.1. The lowest BCUT2D eigenvalue weighted by Crippen LogP contribution is -2.45. The van der Waals surface area contributed by atoms with Gasteiger partial charge >= 0.3 is 5.97 Å². The van der Waals surface area contributed by atoms with Gasteiger partial charge in [0.2, 0.25) is 5.91 Å². The maximum Gasteiger partial charge on any atom is 0.307 e. The third kappa shape index (κ3) is 3.57. The number of fused-ring (bicyclic) bond motifs is 1. The molecule has 0 unspecified atom stereocenters. The molecule has 23 heavy (non-hydrogen) atoms. The molecular weight excluding hydrogens is 298 g/mol. The smallest absolute Gasteiger partial charge is 0.307 e. The number of benzene rings is 1. The second-order valence-electron chi connectivity index (χ2n) is 6.08. The lowest BCUT2D eigenvalue weighted by atomic mass is 9.78. The Morgan fingerprint density at radius 3 is 2.57 bits per heavy atom. The fourth-order valence-corrected chi connectivity index (χ4v) is 3.25. The van der Waals surface area contributed by atoms with Gasteiger partial charge in [0.15, 0.2) is 11.5 Å². The van der Waals surface area contributed by atoms with Gasteiger partial charge in [0.25, 0.3) is 0 Å². The molecule has 0 saturated heterocycles. The molecule has 3 rings (SSSR count). The molecular formula is C17H21NO5. The molecule has 0 bridgehead atoms. The molecule has 0 spiro atoms. The SMILES string of the molecule is O=C(O)[C@@H]1CCCC[C@H]1C(=O)NC[C@H]1COc2ccccc2O1. The summed E-state index contributed by atoms with van der Waals surface area (Å²) in [6, 6.07) is 7.40. The summed E-state index contributed by atoms with van der Waals surface area (Å²) >= 11 is 0. The van der Waals surface area contributed by atoms with E-state index in [1.807, 2.05) is 24.3 Å². The van der Waals surface area contributed by atoms with Crippen molar-refractivity contribution in [2.75, 3.05) is 13.2 Å². The Labute approximate surface area is 134 Å². The molecule has 3 atom stereocenters. The number of carboxylic acid groups (broad SMARTS) is 1. The zero-order valence-electron chi connectivity index (χ0n) is 12.9. The Hall–Kier alpha value is -2.24. The molecule has 1 saturated carbocycles. The molecule has 2 N–H and O–H groups in total. The highest BCUT2D eigenvalue weighted by molar-refractivity contribution is 5.84. The van der Waals surface area contributed by atoms with E-state index in [1.54, 1.807) is 0 Å². The molecule has 1 heterocycles. The molecule has 124 valence electrons. The fourth-order valence-electron chi connectivity index (χ4n) is 3.25. The summed E-state index contributed by atoms with van der Waals surface area (Å²) in [6.45, 7) is 0.681. The van der Waals surface area contributed by atoms with Crippen LogP contribution in [0, 0.1) is 11.8 Å². The first-order valence-corrected chi connectivity index (χ1v) is 8.04. The highest BCUT2D eigenvalue weighted by Gasteiger charge is 2.36. The van der Waals surface area contributed by atoms with E-state index >= 15 is 0 Å². The number of ether oxygens (including phenoxy) is 2. The Balaban J connectivity index is 1.54. The molecule has 1 aliphatic heterocycles. The van der Waals surface area contributed by atoms with Gasteiger partial charge in [-0.05, 0) is 25.0 Å². The highest BCUT2D eigenvalue weighted by Crippen LogP contribution is 2.32. The number of aliphatic carboxylic acids is 1. The predicted molar refractivity (Wildman–Crippen MR) is 82.4 cm³/mol. The van der Waals surface area contributed by atoms with Crippen LogP contribution >= 0.6 is 0 Å². The van der Waals surface area contributed by atoms with Gasteiger partial charge in [-0.1, -0.05) is 25.0 Å². The van der Waals surface area contributed by atoms with Crippen molar-refractivity contribution in [1.29, 1.82) is 0 Å². The van der Waals surface area contributed by atoms with E-state index in [1.165, 1.54) is 0 Å². The second kappa shape index (κ2) is 6.89. The lowest BCUT2D eigenvalue weighted by molar-refractivity contribution is -0.149. The van der Waals surface area contributed by atoms with E-state index in [4.69, 9.17) is 9.47 Å². The molecule has 1 aromatic rings. The maximum atomic E-state index is 12.3. The Morgan fingerprint density at radius 2 is 1.83 bits per heavy atom. The van der Waals surface area contributed by atoms with Crippen LogP contribution in [-0.2, 0) is 9.59 Å². The summed E-state index contributed by atoms with van der Waals surface area (Å²) in [7, 11) is 0. The number of para-hydroxylation sites is 2. The number of carbonyl (C=O) groups excluding carboxylic acids is 1. The first-order valence-electron chi connectivity index (χ1n) is 8.04. The first kappa shape index (κ1) is 15.6.